The molecule has 2 rings (SSSR count). The van der Waals surface area contributed by atoms with Crippen LogP contribution in [0.1, 0.15) is 31.2 Å². The maximum absolute atomic E-state index is 12.0. The van der Waals surface area contributed by atoms with E-state index >= 15 is 0 Å². The van der Waals surface area contributed by atoms with Crippen molar-refractivity contribution < 1.29 is 4.79 Å². The van der Waals surface area contributed by atoms with Gasteiger partial charge in [-0.3, -0.25) is 4.79 Å². The van der Waals surface area contributed by atoms with Gasteiger partial charge in [-0.05, 0) is 64.6 Å². The predicted molar refractivity (Wildman–Crippen MR) is 88.0 cm³/mol. The monoisotopic (exact) mass is 308 g/mol. The van der Waals surface area contributed by atoms with E-state index in [1.54, 1.807) is 6.92 Å². The molecule has 0 spiro atoms. The van der Waals surface area contributed by atoms with Crippen LogP contribution in [0.15, 0.2) is 24.3 Å². The molecule has 1 aromatic carbocycles. The summed E-state index contributed by atoms with van der Waals surface area (Å²) in [5.74, 6) is 0.185. The summed E-state index contributed by atoms with van der Waals surface area (Å²) < 4.78 is 0. The molecule has 116 valence electrons. The first kappa shape index (κ1) is 16.5. The zero-order valence-corrected chi connectivity index (χ0v) is 13.9. The van der Waals surface area contributed by atoms with Crippen molar-refractivity contribution in [2.24, 2.45) is 0 Å². The van der Waals surface area contributed by atoms with Gasteiger partial charge in [0.2, 0.25) is 0 Å². The number of Topliss-reactive ketones (excluding diaryl/α,β-unsaturated/α-hetero) is 1. The largest absolute Gasteiger partial charge is 0.306 e. The number of piperidine rings is 1. The molecule has 0 aromatic heterocycles. The highest BCUT2D eigenvalue weighted by Gasteiger charge is 2.25. The Kier molecular flexibility index (Phi) is 5.80. The van der Waals surface area contributed by atoms with Crippen molar-refractivity contribution in [1.29, 1.82) is 0 Å². The van der Waals surface area contributed by atoms with E-state index in [1.807, 2.05) is 24.3 Å². The van der Waals surface area contributed by atoms with Gasteiger partial charge >= 0.3 is 0 Å². The molecule has 0 aliphatic carbocycles. The standard InChI is InChI=1S/C17H25ClN2O/c1-13(21)17(14-4-6-15(18)7-5-14)12-20-10-8-16(9-11-20)19(2)3/h4-7,16-17H,8-12H2,1-3H3/t17-/m0/s1. The van der Waals surface area contributed by atoms with Crippen LogP contribution in [0.5, 0.6) is 0 Å². The van der Waals surface area contributed by atoms with E-state index in [2.05, 4.69) is 23.9 Å². The zero-order chi connectivity index (χ0) is 15.4. The minimum atomic E-state index is -0.0434. The molecule has 0 saturated carbocycles. The van der Waals surface area contributed by atoms with Gasteiger partial charge in [0.15, 0.2) is 0 Å². The minimum absolute atomic E-state index is 0.0434. The molecule has 1 atom stereocenters. The number of rotatable bonds is 5. The smallest absolute Gasteiger partial charge is 0.138 e. The molecule has 1 saturated heterocycles. The molecule has 0 N–H and O–H groups in total. The number of hydrogen-bond donors (Lipinski definition) is 0. The number of carbonyl (C=O) groups is 1. The molecule has 0 bridgehead atoms. The molecule has 1 aliphatic rings. The van der Waals surface area contributed by atoms with Crippen molar-refractivity contribution >= 4 is 17.4 Å². The highest BCUT2D eigenvalue weighted by atomic mass is 35.5. The number of nitrogens with zero attached hydrogens (tertiary/aromatic N) is 2. The Hall–Kier alpha value is -0.900. The fourth-order valence-corrected chi connectivity index (χ4v) is 3.17. The maximum Gasteiger partial charge on any atom is 0.138 e. The molecule has 21 heavy (non-hydrogen) atoms. The fourth-order valence-electron chi connectivity index (χ4n) is 3.04. The van der Waals surface area contributed by atoms with Crippen LogP contribution in [-0.2, 0) is 4.79 Å². The number of benzene rings is 1. The van der Waals surface area contributed by atoms with Gasteiger partial charge in [-0.2, -0.15) is 0 Å². The zero-order valence-electron chi connectivity index (χ0n) is 13.2. The van der Waals surface area contributed by atoms with Crippen LogP contribution < -0.4 is 0 Å². The molecule has 0 amide bonds. The van der Waals surface area contributed by atoms with E-state index in [1.165, 1.54) is 12.8 Å². The van der Waals surface area contributed by atoms with Crippen molar-refractivity contribution in [1.82, 2.24) is 9.80 Å². The topological polar surface area (TPSA) is 23.6 Å². The Morgan fingerprint density at radius 1 is 1.29 bits per heavy atom. The van der Waals surface area contributed by atoms with E-state index in [0.29, 0.717) is 11.1 Å². The van der Waals surface area contributed by atoms with Gasteiger partial charge in [0.1, 0.15) is 5.78 Å². The first-order valence-electron chi connectivity index (χ1n) is 7.62. The van der Waals surface area contributed by atoms with Crippen LogP contribution in [-0.4, -0.2) is 55.4 Å². The van der Waals surface area contributed by atoms with E-state index in [-0.39, 0.29) is 11.7 Å². The Morgan fingerprint density at radius 2 is 1.86 bits per heavy atom. The van der Waals surface area contributed by atoms with E-state index in [0.717, 1.165) is 25.2 Å². The lowest BCUT2D eigenvalue weighted by Crippen LogP contribution is -2.43. The Balaban J connectivity index is 1.98. The van der Waals surface area contributed by atoms with Crippen molar-refractivity contribution in [3.8, 4) is 0 Å². The van der Waals surface area contributed by atoms with Gasteiger partial charge in [0.25, 0.3) is 0 Å². The highest BCUT2D eigenvalue weighted by Crippen LogP contribution is 2.23. The first-order valence-corrected chi connectivity index (χ1v) is 8.00. The van der Waals surface area contributed by atoms with Crippen LogP contribution in [0.2, 0.25) is 5.02 Å². The van der Waals surface area contributed by atoms with Crippen LogP contribution in [0.3, 0.4) is 0 Å². The molecule has 4 heteroatoms. The second-order valence-electron chi connectivity index (χ2n) is 6.21. The first-order chi connectivity index (χ1) is 9.97. The number of carbonyl (C=O) groups excluding carboxylic acids is 1. The summed E-state index contributed by atoms with van der Waals surface area (Å²) in [4.78, 5) is 16.7. The molecular formula is C17H25ClN2O. The summed E-state index contributed by atoms with van der Waals surface area (Å²) >= 11 is 5.93. The third kappa shape index (κ3) is 4.53. The summed E-state index contributed by atoms with van der Waals surface area (Å²) in [6.45, 7) is 4.64. The van der Waals surface area contributed by atoms with Gasteiger partial charge in [0.05, 0.1) is 5.92 Å². The highest BCUT2D eigenvalue weighted by molar-refractivity contribution is 6.30. The summed E-state index contributed by atoms with van der Waals surface area (Å²) in [5.41, 5.74) is 1.07. The summed E-state index contributed by atoms with van der Waals surface area (Å²) in [7, 11) is 4.29. The normalized spacial score (nSPS) is 18.9. The minimum Gasteiger partial charge on any atom is -0.306 e. The Morgan fingerprint density at radius 3 is 2.33 bits per heavy atom. The summed E-state index contributed by atoms with van der Waals surface area (Å²) in [6, 6.07) is 8.35. The summed E-state index contributed by atoms with van der Waals surface area (Å²) in [6.07, 6.45) is 2.36. The van der Waals surface area contributed by atoms with E-state index < -0.39 is 0 Å². The molecule has 0 radical (unpaired) electrons. The lowest BCUT2D eigenvalue weighted by Gasteiger charge is -2.36. The fraction of sp³-hybridized carbons (Fsp3) is 0.588. The number of likely N-dealkylation sites (tertiary alicyclic amines) is 1. The lowest BCUT2D eigenvalue weighted by atomic mass is 9.93. The molecule has 3 nitrogen and oxygen atoms in total. The van der Waals surface area contributed by atoms with Gasteiger partial charge in [-0.25, -0.2) is 0 Å². The SMILES string of the molecule is CC(=O)[C@H](CN1CCC(N(C)C)CC1)c1ccc(Cl)cc1. The maximum atomic E-state index is 12.0. The molecule has 1 aliphatic heterocycles. The van der Waals surface area contributed by atoms with E-state index in [9.17, 15) is 4.79 Å². The summed E-state index contributed by atoms with van der Waals surface area (Å²) in [5, 5.41) is 0.716. The predicted octanol–water partition coefficient (Wildman–Crippen LogP) is 3.04. The third-order valence-electron chi connectivity index (χ3n) is 4.49. The number of ketones is 1. The van der Waals surface area contributed by atoms with Gasteiger partial charge in [-0.1, -0.05) is 23.7 Å². The van der Waals surface area contributed by atoms with Crippen molar-refractivity contribution in [3.63, 3.8) is 0 Å². The van der Waals surface area contributed by atoms with Crippen LogP contribution >= 0.6 is 11.6 Å². The molecule has 0 unspecified atom stereocenters. The second kappa shape index (κ2) is 7.39. The van der Waals surface area contributed by atoms with Crippen molar-refractivity contribution in [2.45, 2.75) is 31.7 Å². The molecular weight excluding hydrogens is 284 g/mol. The Labute approximate surface area is 132 Å². The average molecular weight is 309 g/mol. The van der Waals surface area contributed by atoms with Crippen molar-refractivity contribution in [3.05, 3.63) is 34.9 Å². The van der Waals surface area contributed by atoms with Crippen LogP contribution in [0.4, 0.5) is 0 Å². The number of halogens is 1. The molecule has 1 heterocycles. The van der Waals surface area contributed by atoms with E-state index in [4.69, 9.17) is 11.6 Å². The van der Waals surface area contributed by atoms with Gasteiger partial charge < -0.3 is 9.80 Å². The molecule has 1 aromatic rings. The van der Waals surface area contributed by atoms with Gasteiger partial charge in [0, 0.05) is 17.6 Å². The third-order valence-corrected chi connectivity index (χ3v) is 4.74. The van der Waals surface area contributed by atoms with Gasteiger partial charge in [-0.15, -0.1) is 0 Å². The average Bonchev–Trinajstić information content (AvgIpc) is 2.46. The quantitative estimate of drug-likeness (QED) is 0.835. The van der Waals surface area contributed by atoms with Crippen molar-refractivity contribution in [2.75, 3.05) is 33.7 Å². The molecule has 1 fully saturated rings. The van der Waals surface area contributed by atoms with Crippen LogP contribution in [0.25, 0.3) is 0 Å². The second-order valence-corrected chi connectivity index (χ2v) is 6.65. The number of hydrogen-bond acceptors (Lipinski definition) is 3. The van der Waals surface area contributed by atoms with Crippen LogP contribution in [0, 0.1) is 0 Å². The lowest BCUT2D eigenvalue weighted by molar-refractivity contribution is -0.119. The Bertz CT molecular complexity index is 464.